The summed E-state index contributed by atoms with van der Waals surface area (Å²) in [6, 6.07) is 8.62. The van der Waals surface area contributed by atoms with E-state index in [0.29, 0.717) is 6.04 Å². The van der Waals surface area contributed by atoms with Gasteiger partial charge in [-0.2, -0.15) is 0 Å². The van der Waals surface area contributed by atoms with Crippen molar-refractivity contribution in [2.24, 2.45) is 0 Å². The van der Waals surface area contributed by atoms with Crippen LogP contribution in [0.5, 0.6) is 0 Å². The molecule has 4 nitrogen and oxygen atoms in total. The fourth-order valence-electron chi connectivity index (χ4n) is 3.46. The van der Waals surface area contributed by atoms with Crippen molar-refractivity contribution in [1.29, 1.82) is 0 Å². The van der Waals surface area contributed by atoms with E-state index < -0.39 is 0 Å². The van der Waals surface area contributed by atoms with E-state index in [1.54, 1.807) is 0 Å². The minimum atomic E-state index is 0.120. The van der Waals surface area contributed by atoms with Gasteiger partial charge >= 0.3 is 152 Å². The van der Waals surface area contributed by atoms with Crippen LogP contribution >= 0.6 is 0 Å². The van der Waals surface area contributed by atoms with Crippen molar-refractivity contribution in [3.05, 3.63) is 35.5 Å². The number of rotatable bonds is 3. The number of benzene rings is 1. The van der Waals surface area contributed by atoms with Crippen molar-refractivity contribution in [3.63, 3.8) is 0 Å². The predicted octanol–water partition coefficient (Wildman–Crippen LogP) is 2.46. The summed E-state index contributed by atoms with van der Waals surface area (Å²) in [7, 11) is 6.02. The van der Waals surface area contributed by atoms with Crippen molar-refractivity contribution >= 4 is 37.9 Å². The van der Waals surface area contributed by atoms with E-state index >= 15 is 0 Å². The summed E-state index contributed by atoms with van der Waals surface area (Å²) >= 11 is 3.11. The Labute approximate surface area is 152 Å². The first kappa shape index (κ1) is 17.2. The van der Waals surface area contributed by atoms with E-state index in [9.17, 15) is 4.79 Å². The quantitative estimate of drug-likeness (QED) is 0.586. The number of likely N-dealkylation sites (N-methyl/N-ethyl adjacent to an activating group) is 1. The maximum absolute atomic E-state index is 13.0. The molecule has 0 bridgehead atoms. The van der Waals surface area contributed by atoms with E-state index in [2.05, 4.69) is 44.7 Å². The molecule has 0 aromatic heterocycles. The number of carbonyl (C=O) groups excluding carboxylic acids is 1. The topological polar surface area (TPSA) is 26.8 Å². The van der Waals surface area contributed by atoms with Crippen LogP contribution in [-0.2, 0) is 4.79 Å². The fraction of sp³-hybridized carbons (Fsp3) is 0.474. The molecular formula is C19H25N3OSe. The van der Waals surface area contributed by atoms with E-state index in [-0.39, 0.29) is 5.91 Å². The molecule has 1 saturated heterocycles. The number of hydrogen-bond acceptors (Lipinski definition) is 3. The van der Waals surface area contributed by atoms with Gasteiger partial charge in [0, 0.05) is 0 Å². The molecule has 1 aromatic carbocycles. The van der Waals surface area contributed by atoms with Gasteiger partial charge in [-0.15, -0.1) is 0 Å². The second-order valence-corrected chi connectivity index (χ2v) is 7.59. The van der Waals surface area contributed by atoms with Crippen LogP contribution < -0.4 is 4.90 Å². The van der Waals surface area contributed by atoms with Gasteiger partial charge in [-0.3, -0.25) is 0 Å². The molecule has 1 aromatic rings. The van der Waals surface area contributed by atoms with Gasteiger partial charge in [0.2, 0.25) is 0 Å². The zero-order chi connectivity index (χ0) is 17.3. The Kier molecular flexibility index (Phi) is 5.12. The van der Waals surface area contributed by atoms with Gasteiger partial charge in [0.25, 0.3) is 0 Å². The molecule has 0 spiro atoms. The third-order valence-electron chi connectivity index (χ3n) is 4.95. The molecule has 0 unspecified atom stereocenters. The molecule has 0 N–H and O–H groups in total. The standard InChI is InChI=1S/C19H25N3OSe/c1-20(2)15-11-9-14(10-12-15)13-17-18(23)22(19(24)21(17)3)16-7-5-4-6-8-16/h9-13,16H,4-8H2,1-3H3/b17-13+. The summed E-state index contributed by atoms with van der Waals surface area (Å²) in [5.41, 5.74) is 2.95. The van der Waals surface area contributed by atoms with E-state index in [1.807, 2.05) is 37.0 Å². The van der Waals surface area contributed by atoms with Gasteiger partial charge in [-0.05, 0) is 0 Å². The number of nitrogens with zero attached hydrogens (tertiary/aromatic N) is 3. The van der Waals surface area contributed by atoms with Crippen LogP contribution in [0.3, 0.4) is 0 Å². The Hall–Kier alpha value is -1.58. The summed E-state index contributed by atoms with van der Waals surface area (Å²) in [5, 5.41) is 0. The van der Waals surface area contributed by atoms with Gasteiger partial charge in [0.05, 0.1) is 0 Å². The maximum atomic E-state index is 13.0. The van der Waals surface area contributed by atoms with Crippen LogP contribution in [0.15, 0.2) is 30.0 Å². The first-order valence-corrected chi connectivity index (χ1v) is 9.45. The average Bonchev–Trinajstić information content (AvgIpc) is 2.80. The van der Waals surface area contributed by atoms with Gasteiger partial charge < -0.3 is 0 Å². The van der Waals surface area contributed by atoms with Gasteiger partial charge in [-0.1, -0.05) is 0 Å². The van der Waals surface area contributed by atoms with Crippen LogP contribution in [0.1, 0.15) is 37.7 Å². The minimum absolute atomic E-state index is 0.120. The molecule has 3 rings (SSSR count). The molecule has 1 heterocycles. The van der Waals surface area contributed by atoms with Crippen LogP contribution in [0.4, 0.5) is 5.69 Å². The van der Waals surface area contributed by atoms with Gasteiger partial charge in [0.15, 0.2) is 0 Å². The Morgan fingerprint density at radius 1 is 1.12 bits per heavy atom. The molecular weight excluding hydrogens is 365 g/mol. The monoisotopic (exact) mass is 391 g/mol. The summed E-state index contributed by atoms with van der Waals surface area (Å²) in [4.78, 5) is 19.0. The second kappa shape index (κ2) is 7.12. The third kappa shape index (κ3) is 3.28. The molecule has 0 radical (unpaired) electrons. The Bertz CT molecular complexity index is 660. The summed E-state index contributed by atoms with van der Waals surface area (Å²) < 4.78 is 0.933. The zero-order valence-electron chi connectivity index (χ0n) is 14.7. The van der Waals surface area contributed by atoms with Crippen LogP contribution in [-0.4, -0.2) is 63.1 Å². The van der Waals surface area contributed by atoms with Crippen molar-refractivity contribution < 1.29 is 4.79 Å². The zero-order valence-corrected chi connectivity index (χ0v) is 16.4. The Morgan fingerprint density at radius 2 is 1.75 bits per heavy atom. The summed E-state index contributed by atoms with van der Waals surface area (Å²) in [5.74, 6) is 0.120. The van der Waals surface area contributed by atoms with Gasteiger partial charge in [-0.25, -0.2) is 0 Å². The van der Waals surface area contributed by atoms with Gasteiger partial charge in [0.1, 0.15) is 0 Å². The Morgan fingerprint density at radius 3 is 2.33 bits per heavy atom. The third-order valence-corrected chi connectivity index (χ3v) is 5.93. The van der Waals surface area contributed by atoms with Crippen molar-refractivity contribution in [2.75, 3.05) is 26.0 Å². The van der Waals surface area contributed by atoms with Crippen molar-refractivity contribution in [1.82, 2.24) is 9.80 Å². The van der Waals surface area contributed by atoms with E-state index in [1.165, 1.54) is 19.3 Å². The second-order valence-electron chi connectivity index (χ2n) is 6.82. The normalized spacial score (nSPS) is 21.0. The fourth-order valence-corrected chi connectivity index (χ4v) is 4.16. The summed E-state index contributed by atoms with van der Waals surface area (Å²) in [6.45, 7) is 0. The number of anilines is 1. The van der Waals surface area contributed by atoms with Crippen LogP contribution in [0.25, 0.3) is 6.08 Å². The van der Waals surface area contributed by atoms with Crippen molar-refractivity contribution in [3.8, 4) is 0 Å². The molecule has 2 aliphatic rings. The Balaban J connectivity index is 1.84. The molecule has 1 saturated carbocycles. The number of carbonyl (C=O) groups is 1. The SMILES string of the molecule is CN1C(=[Se])N(C2CCCCC2)C(=O)/C1=C\c1ccc(N(C)C)cc1. The molecule has 128 valence electrons. The number of amides is 1. The molecule has 1 amide bonds. The van der Waals surface area contributed by atoms with Crippen LogP contribution in [0.2, 0.25) is 0 Å². The molecule has 1 aliphatic carbocycles. The van der Waals surface area contributed by atoms with E-state index in [4.69, 9.17) is 0 Å². The number of hydrogen-bond donors (Lipinski definition) is 0. The van der Waals surface area contributed by atoms with E-state index in [0.717, 1.165) is 34.5 Å². The average molecular weight is 390 g/mol. The molecule has 5 heteroatoms. The first-order chi connectivity index (χ1) is 11.5. The van der Waals surface area contributed by atoms with Crippen molar-refractivity contribution in [2.45, 2.75) is 38.1 Å². The first-order valence-electron chi connectivity index (χ1n) is 8.59. The van der Waals surface area contributed by atoms with Crippen LogP contribution in [0, 0.1) is 0 Å². The molecule has 1 aliphatic heterocycles. The molecule has 24 heavy (non-hydrogen) atoms. The summed E-state index contributed by atoms with van der Waals surface area (Å²) in [6.07, 6.45) is 7.93. The molecule has 2 fully saturated rings. The predicted molar refractivity (Wildman–Crippen MR) is 101 cm³/mol. The molecule has 0 atom stereocenters.